The van der Waals surface area contributed by atoms with Gasteiger partial charge in [0.15, 0.2) is 0 Å². The fourth-order valence-corrected chi connectivity index (χ4v) is 3.08. The topological polar surface area (TPSA) is 42.1 Å². The highest BCUT2D eigenvalue weighted by atomic mass is 15.2. The number of benzene rings is 1. The van der Waals surface area contributed by atoms with Gasteiger partial charge in [0.05, 0.1) is 0 Å². The number of nitrogens with two attached hydrogens (primary N) is 1. The molecule has 3 rings (SSSR count). The molecule has 1 unspecified atom stereocenters. The average Bonchev–Trinajstić information content (AvgIpc) is 2.50. The predicted molar refractivity (Wildman–Crippen MR) is 81.3 cm³/mol. The normalized spacial score (nSPS) is 16.7. The first-order chi connectivity index (χ1) is 9.79. The molecule has 3 heteroatoms. The summed E-state index contributed by atoms with van der Waals surface area (Å²) in [5.41, 5.74) is 11.5. The summed E-state index contributed by atoms with van der Waals surface area (Å²) in [7, 11) is 0. The van der Waals surface area contributed by atoms with E-state index in [2.05, 4.69) is 47.1 Å². The largest absolute Gasteiger partial charge is 0.329 e. The molecule has 2 N–H and O–H groups in total. The molecule has 0 bridgehead atoms. The number of hydrogen-bond donors (Lipinski definition) is 1. The molecule has 2 heterocycles. The van der Waals surface area contributed by atoms with Crippen LogP contribution in [0.15, 0.2) is 42.7 Å². The number of hydrogen-bond acceptors (Lipinski definition) is 3. The molecule has 0 saturated heterocycles. The molecule has 1 aromatic carbocycles. The van der Waals surface area contributed by atoms with Crippen LogP contribution in [-0.2, 0) is 13.0 Å². The Labute approximate surface area is 120 Å². The van der Waals surface area contributed by atoms with E-state index in [1.807, 2.05) is 12.4 Å². The van der Waals surface area contributed by atoms with Crippen LogP contribution in [0.3, 0.4) is 0 Å². The number of aromatic nitrogens is 1. The van der Waals surface area contributed by atoms with Crippen molar-refractivity contribution in [2.24, 2.45) is 5.73 Å². The summed E-state index contributed by atoms with van der Waals surface area (Å²) < 4.78 is 0. The number of rotatable bonds is 3. The summed E-state index contributed by atoms with van der Waals surface area (Å²) in [5.74, 6) is 0. The quantitative estimate of drug-likeness (QED) is 0.929. The van der Waals surface area contributed by atoms with Gasteiger partial charge < -0.3 is 5.73 Å². The summed E-state index contributed by atoms with van der Waals surface area (Å²) in [6, 6.07) is 11.0. The third-order valence-corrected chi connectivity index (χ3v) is 4.26. The number of nitrogens with zero attached hydrogens (tertiary/aromatic N) is 2. The van der Waals surface area contributed by atoms with Crippen LogP contribution in [0.4, 0.5) is 0 Å². The van der Waals surface area contributed by atoms with Crippen molar-refractivity contribution >= 4 is 0 Å². The second kappa shape index (κ2) is 5.73. The monoisotopic (exact) mass is 267 g/mol. The molecule has 0 fully saturated rings. The van der Waals surface area contributed by atoms with E-state index in [1.165, 1.54) is 22.3 Å². The van der Waals surface area contributed by atoms with Gasteiger partial charge in [-0.2, -0.15) is 0 Å². The Bertz CT molecular complexity index is 594. The van der Waals surface area contributed by atoms with E-state index in [1.54, 1.807) is 0 Å². The van der Waals surface area contributed by atoms with E-state index in [4.69, 9.17) is 5.73 Å². The van der Waals surface area contributed by atoms with Crippen molar-refractivity contribution in [3.05, 3.63) is 65.0 Å². The van der Waals surface area contributed by atoms with Crippen LogP contribution in [0.5, 0.6) is 0 Å². The number of aryl methyl sites for hydroxylation is 1. The lowest BCUT2D eigenvalue weighted by Crippen LogP contribution is -2.38. The van der Waals surface area contributed by atoms with Crippen molar-refractivity contribution in [1.82, 2.24) is 9.88 Å². The maximum absolute atomic E-state index is 6.06. The minimum Gasteiger partial charge on any atom is -0.329 e. The molecule has 0 aliphatic carbocycles. The van der Waals surface area contributed by atoms with Crippen LogP contribution in [0.25, 0.3) is 0 Å². The smallest absolute Gasteiger partial charge is 0.0491 e. The molecule has 20 heavy (non-hydrogen) atoms. The number of fused-ring (bicyclic) bond motifs is 1. The van der Waals surface area contributed by atoms with Gasteiger partial charge in [-0.15, -0.1) is 0 Å². The second-order valence-corrected chi connectivity index (χ2v) is 5.47. The van der Waals surface area contributed by atoms with E-state index in [-0.39, 0.29) is 6.04 Å². The third kappa shape index (κ3) is 2.47. The van der Waals surface area contributed by atoms with E-state index in [0.29, 0.717) is 6.54 Å². The van der Waals surface area contributed by atoms with Crippen LogP contribution < -0.4 is 5.73 Å². The molecule has 2 aromatic rings. The van der Waals surface area contributed by atoms with Gasteiger partial charge in [-0.1, -0.05) is 24.3 Å². The Morgan fingerprint density at radius 1 is 1.25 bits per heavy atom. The lowest BCUT2D eigenvalue weighted by atomic mass is 9.95. The summed E-state index contributed by atoms with van der Waals surface area (Å²) >= 11 is 0. The highest BCUT2D eigenvalue weighted by molar-refractivity contribution is 5.31. The number of pyridine rings is 1. The first-order valence-corrected chi connectivity index (χ1v) is 7.21. The molecular weight excluding hydrogens is 246 g/mol. The molecule has 0 radical (unpaired) electrons. The van der Waals surface area contributed by atoms with Gasteiger partial charge in [0.25, 0.3) is 0 Å². The minimum atomic E-state index is 0.261. The van der Waals surface area contributed by atoms with Crippen molar-refractivity contribution < 1.29 is 0 Å². The van der Waals surface area contributed by atoms with Gasteiger partial charge in [-0.3, -0.25) is 9.88 Å². The zero-order chi connectivity index (χ0) is 13.9. The Balaban J connectivity index is 1.87. The maximum atomic E-state index is 6.06. The first kappa shape index (κ1) is 13.3. The van der Waals surface area contributed by atoms with Gasteiger partial charge in [-0.25, -0.2) is 0 Å². The minimum absolute atomic E-state index is 0.261. The third-order valence-electron chi connectivity index (χ3n) is 4.26. The Hall–Kier alpha value is -1.71. The molecule has 1 atom stereocenters. The van der Waals surface area contributed by atoms with E-state index < -0.39 is 0 Å². The molecule has 1 aliphatic heterocycles. The van der Waals surface area contributed by atoms with Crippen LogP contribution in [0, 0.1) is 6.92 Å². The molecular formula is C17H21N3. The van der Waals surface area contributed by atoms with Gasteiger partial charge in [0, 0.05) is 38.1 Å². The summed E-state index contributed by atoms with van der Waals surface area (Å²) in [6.45, 7) is 4.81. The van der Waals surface area contributed by atoms with Crippen LogP contribution in [0.2, 0.25) is 0 Å². The van der Waals surface area contributed by atoms with Gasteiger partial charge in [0.2, 0.25) is 0 Å². The van der Waals surface area contributed by atoms with E-state index in [0.717, 1.165) is 19.5 Å². The Morgan fingerprint density at radius 3 is 2.80 bits per heavy atom. The fourth-order valence-electron chi connectivity index (χ4n) is 3.08. The lowest BCUT2D eigenvalue weighted by Gasteiger charge is -2.35. The van der Waals surface area contributed by atoms with Crippen LogP contribution >= 0.6 is 0 Å². The SMILES string of the molecule is Cc1ccncc1C(CN)N1CCc2ccccc2C1. The van der Waals surface area contributed by atoms with Crippen molar-refractivity contribution in [1.29, 1.82) is 0 Å². The van der Waals surface area contributed by atoms with Crippen LogP contribution in [0.1, 0.15) is 28.3 Å². The standard InChI is InChI=1S/C17H21N3/c1-13-6-8-19-11-16(13)17(10-18)20-9-7-14-4-2-3-5-15(14)12-20/h2-6,8,11,17H,7,9-10,12,18H2,1H3. The lowest BCUT2D eigenvalue weighted by molar-refractivity contribution is 0.183. The van der Waals surface area contributed by atoms with E-state index in [9.17, 15) is 0 Å². The summed E-state index contributed by atoms with van der Waals surface area (Å²) in [5, 5.41) is 0. The molecule has 0 saturated carbocycles. The Morgan fingerprint density at radius 2 is 2.05 bits per heavy atom. The van der Waals surface area contributed by atoms with Gasteiger partial charge in [0.1, 0.15) is 0 Å². The van der Waals surface area contributed by atoms with E-state index >= 15 is 0 Å². The fraction of sp³-hybridized carbons (Fsp3) is 0.353. The van der Waals surface area contributed by atoms with Gasteiger partial charge in [-0.05, 0) is 41.7 Å². The highest BCUT2D eigenvalue weighted by Gasteiger charge is 2.24. The van der Waals surface area contributed by atoms with Crippen LogP contribution in [-0.4, -0.2) is 23.0 Å². The highest BCUT2D eigenvalue weighted by Crippen LogP contribution is 2.28. The Kier molecular flexibility index (Phi) is 3.81. The molecule has 3 nitrogen and oxygen atoms in total. The molecule has 0 spiro atoms. The van der Waals surface area contributed by atoms with Crippen molar-refractivity contribution in [2.75, 3.05) is 13.1 Å². The molecule has 1 aliphatic rings. The zero-order valence-corrected chi connectivity index (χ0v) is 11.9. The average molecular weight is 267 g/mol. The van der Waals surface area contributed by atoms with Crippen molar-refractivity contribution in [3.8, 4) is 0 Å². The second-order valence-electron chi connectivity index (χ2n) is 5.47. The maximum Gasteiger partial charge on any atom is 0.0491 e. The summed E-state index contributed by atoms with van der Waals surface area (Å²) in [4.78, 5) is 6.75. The van der Waals surface area contributed by atoms with Crippen molar-refractivity contribution in [2.45, 2.75) is 25.9 Å². The van der Waals surface area contributed by atoms with Crippen molar-refractivity contribution in [3.63, 3.8) is 0 Å². The summed E-state index contributed by atoms with van der Waals surface area (Å²) in [6.07, 6.45) is 4.91. The predicted octanol–water partition coefficient (Wildman–Crippen LogP) is 2.45. The molecule has 104 valence electrons. The zero-order valence-electron chi connectivity index (χ0n) is 11.9. The van der Waals surface area contributed by atoms with Gasteiger partial charge >= 0.3 is 0 Å². The molecule has 1 aromatic heterocycles. The first-order valence-electron chi connectivity index (χ1n) is 7.21. The molecule has 0 amide bonds.